The van der Waals surface area contributed by atoms with Gasteiger partial charge in [-0.25, -0.2) is 4.39 Å². The Hall–Kier alpha value is -0.640. The van der Waals surface area contributed by atoms with Gasteiger partial charge < -0.3 is 10.8 Å². The zero-order valence-corrected chi connectivity index (χ0v) is 10.2. The second-order valence-electron chi connectivity index (χ2n) is 4.22. The van der Waals surface area contributed by atoms with Gasteiger partial charge in [-0.1, -0.05) is 31.5 Å². The summed E-state index contributed by atoms with van der Waals surface area (Å²) < 4.78 is 13.6. The van der Waals surface area contributed by atoms with Crippen molar-refractivity contribution < 1.29 is 9.50 Å². The van der Waals surface area contributed by atoms with E-state index in [-0.39, 0.29) is 22.4 Å². The van der Waals surface area contributed by atoms with Gasteiger partial charge in [-0.3, -0.25) is 0 Å². The lowest BCUT2D eigenvalue weighted by molar-refractivity contribution is 0.0829. The summed E-state index contributed by atoms with van der Waals surface area (Å²) in [6.45, 7) is 4.18. The maximum Gasteiger partial charge on any atom is 0.130 e. The number of hydrogen-bond acceptors (Lipinski definition) is 2. The number of aliphatic hydroxyl groups excluding tert-OH is 1. The van der Waals surface area contributed by atoms with Gasteiger partial charge in [0.25, 0.3) is 0 Å². The molecular formula is C12H17ClFNO. The molecule has 0 aliphatic carbocycles. The highest BCUT2D eigenvalue weighted by Gasteiger charge is 2.26. The Morgan fingerprint density at radius 2 is 2.06 bits per heavy atom. The Morgan fingerprint density at radius 3 is 2.50 bits per heavy atom. The second-order valence-corrected chi connectivity index (χ2v) is 4.63. The standard InChI is InChI=1S/C12H17ClFNO/c1-7(2)8(6-15)12(16)11-9(13)4-3-5-10(11)14/h3-5,7-8,12,16H,6,15H2,1-2H3. The van der Waals surface area contributed by atoms with E-state index in [1.807, 2.05) is 13.8 Å². The van der Waals surface area contributed by atoms with Crippen LogP contribution >= 0.6 is 11.6 Å². The molecule has 0 saturated carbocycles. The van der Waals surface area contributed by atoms with Crippen LogP contribution in [0.4, 0.5) is 4.39 Å². The zero-order valence-electron chi connectivity index (χ0n) is 9.45. The van der Waals surface area contributed by atoms with Crippen molar-refractivity contribution in [2.75, 3.05) is 6.54 Å². The van der Waals surface area contributed by atoms with Gasteiger partial charge in [0.2, 0.25) is 0 Å². The molecule has 1 aromatic carbocycles. The third-order valence-corrected chi connectivity index (χ3v) is 3.16. The molecule has 0 bridgehead atoms. The van der Waals surface area contributed by atoms with E-state index in [2.05, 4.69) is 0 Å². The summed E-state index contributed by atoms with van der Waals surface area (Å²) in [5.74, 6) is -0.524. The Labute approximate surface area is 100 Å². The number of hydrogen-bond donors (Lipinski definition) is 2. The van der Waals surface area contributed by atoms with E-state index in [9.17, 15) is 9.50 Å². The summed E-state index contributed by atoms with van der Waals surface area (Å²) in [4.78, 5) is 0. The first-order chi connectivity index (χ1) is 7.49. The van der Waals surface area contributed by atoms with Gasteiger partial charge in [0.15, 0.2) is 0 Å². The first-order valence-electron chi connectivity index (χ1n) is 5.31. The third-order valence-electron chi connectivity index (χ3n) is 2.83. The van der Waals surface area contributed by atoms with Crippen molar-refractivity contribution in [3.05, 3.63) is 34.6 Å². The Morgan fingerprint density at radius 1 is 1.44 bits per heavy atom. The number of nitrogens with two attached hydrogens (primary N) is 1. The Kier molecular flexibility index (Phi) is 4.71. The fourth-order valence-corrected chi connectivity index (χ4v) is 2.05. The normalized spacial score (nSPS) is 15.2. The van der Waals surface area contributed by atoms with Crippen molar-refractivity contribution in [2.24, 2.45) is 17.6 Å². The highest BCUT2D eigenvalue weighted by Crippen LogP contribution is 2.33. The molecule has 1 aromatic rings. The summed E-state index contributed by atoms with van der Waals surface area (Å²) in [5.41, 5.74) is 5.73. The molecule has 2 nitrogen and oxygen atoms in total. The quantitative estimate of drug-likeness (QED) is 0.857. The molecule has 2 atom stereocenters. The first kappa shape index (κ1) is 13.4. The summed E-state index contributed by atoms with van der Waals surface area (Å²) in [5, 5.41) is 10.4. The van der Waals surface area contributed by atoms with E-state index in [0.29, 0.717) is 6.54 Å². The van der Waals surface area contributed by atoms with Gasteiger partial charge in [-0.05, 0) is 24.6 Å². The van der Waals surface area contributed by atoms with Gasteiger partial charge in [-0.15, -0.1) is 0 Å². The molecule has 0 aromatic heterocycles. The number of rotatable bonds is 4. The SMILES string of the molecule is CC(C)C(CN)C(O)c1c(F)cccc1Cl. The van der Waals surface area contributed by atoms with E-state index in [0.717, 1.165) is 0 Å². The molecule has 3 N–H and O–H groups in total. The van der Waals surface area contributed by atoms with Crippen LogP contribution in [0.25, 0.3) is 0 Å². The van der Waals surface area contributed by atoms with E-state index >= 15 is 0 Å². The van der Waals surface area contributed by atoms with Crippen molar-refractivity contribution in [3.8, 4) is 0 Å². The van der Waals surface area contributed by atoms with Crippen LogP contribution in [-0.2, 0) is 0 Å². The summed E-state index contributed by atoms with van der Waals surface area (Å²) >= 11 is 5.89. The molecule has 0 spiro atoms. The van der Waals surface area contributed by atoms with Gasteiger partial charge in [-0.2, -0.15) is 0 Å². The van der Waals surface area contributed by atoms with Crippen LogP contribution in [0.2, 0.25) is 5.02 Å². The van der Waals surface area contributed by atoms with Crippen LogP contribution in [0.1, 0.15) is 25.5 Å². The first-order valence-corrected chi connectivity index (χ1v) is 5.68. The molecule has 0 radical (unpaired) electrons. The molecule has 90 valence electrons. The predicted octanol–water partition coefficient (Wildman–Crippen LogP) is 2.74. The zero-order chi connectivity index (χ0) is 12.3. The largest absolute Gasteiger partial charge is 0.388 e. The van der Waals surface area contributed by atoms with Gasteiger partial charge in [0.05, 0.1) is 6.10 Å². The molecule has 0 heterocycles. The number of aliphatic hydroxyl groups is 1. The van der Waals surface area contributed by atoms with Crippen LogP contribution in [0, 0.1) is 17.7 Å². The molecule has 0 fully saturated rings. The molecule has 4 heteroatoms. The van der Waals surface area contributed by atoms with Crippen LogP contribution in [0.3, 0.4) is 0 Å². The molecule has 2 unspecified atom stereocenters. The smallest absolute Gasteiger partial charge is 0.130 e. The van der Waals surface area contributed by atoms with Gasteiger partial charge in [0, 0.05) is 16.5 Å². The highest BCUT2D eigenvalue weighted by atomic mass is 35.5. The van der Waals surface area contributed by atoms with Crippen LogP contribution in [0.5, 0.6) is 0 Å². The lowest BCUT2D eigenvalue weighted by Gasteiger charge is -2.26. The van der Waals surface area contributed by atoms with Gasteiger partial charge in [0.1, 0.15) is 5.82 Å². The van der Waals surface area contributed by atoms with Crippen molar-refractivity contribution in [2.45, 2.75) is 20.0 Å². The van der Waals surface area contributed by atoms with E-state index in [1.165, 1.54) is 12.1 Å². The minimum absolute atomic E-state index is 0.147. The minimum Gasteiger partial charge on any atom is -0.388 e. The molecule has 0 aliphatic rings. The lowest BCUT2D eigenvalue weighted by atomic mass is 9.86. The average Bonchev–Trinajstić information content (AvgIpc) is 2.17. The Bertz CT molecular complexity index is 337. The van der Waals surface area contributed by atoms with Crippen molar-refractivity contribution in [3.63, 3.8) is 0 Å². The van der Waals surface area contributed by atoms with Crippen molar-refractivity contribution in [1.29, 1.82) is 0 Å². The van der Waals surface area contributed by atoms with E-state index in [1.54, 1.807) is 6.07 Å². The van der Waals surface area contributed by atoms with Crippen LogP contribution < -0.4 is 5.73 Å². The number of halogens is 2. The molecule has 0 aliphatic heterocycles. The predicted molar refractivity (Wildman–Crippen MR) is 63.8 cm³/mol. The van der Waals surface area contributed by atoms with Crippen molar-refractivity contribution >= 4 is 11.6 Å². The monoisotopic (exact) mass is 245 g/mol. The third kappa shape index (κ3) is 2.73. The van der Waals surface area contributed by atoms with Crippen molar-refractivity contribution in [1.82, 2.24) is 0 Å². The average molecular weight is 246 g/mol. The van der Waals surface area contributed by atoms with Gasteiger partial charge >= 0.3 is 0 Å². The lowest BCUT2D eigenvalue weighted by Crippen LogP contribution is -2.27. The molecule has 0 amide bonds. The highest BCUT2D eigenvalue weighted by molar-refractivity contribution is 6.31. The minimum atomic E-state index is -0.960. The van der Waals surface area contributed by atoms with E-state index in [4.69, 9.17) is 17.3 Å². The fraction of sp³-hybridized carbons (Fsp3) is 0.500. The van der Waals surface area contributed by atoms with Crippen LogP contribution in [-0.4, -0.2) is 11.7 Å². The van der Waals surface area contributed by atoms with E-state index < -0.39 is 11.9 Å². The summed E-state index contributed by atoms with van der Waals surface area (Å²) in [6, 6.07) is 4.37. The van der Waals surface area contributed by atoms with Crippen LogP contribution in [0.15, 0.2) is 18.2 Å². The molecule has 16 heavy (non-hydrogen) atoms. The molecule has 0 saturated heterocycles. The molecular weight excluding hydrogens is 229 g/mol. The number of benzene rings is 1. The second kappa shape index (κ2) is 5.62. The maximum atomic E-state index is 13.6. The fourth-order valence-electron chi connectivity index (χ4n) is 1.77. The summed E-state index contributed by atoms with van der Waals surface area (Å²) in [7, 11) is 0. The Balaban J connectivity index is 3.08. The topological polar surface area (TPSA) is 46.2 Å². The summed E-state index contributed by atoms with van der Waals surface area (Å²) in [6.07, 6.45) is -0.960. The maximum absolute atomic E-state index is 13.6. The molecule has 1 rings (SSSR count).